The van der Waals surface area contributed by atoms with Gasteiger partial charge in [0.05, 0.1) is 16.3 Å². The number of hydrogen-bond donors (Lipinski definition) is 1. The number of piperidine rings is 1. The van der Waals surface area contributed by atoms with Gasteiger partial charge in [-0.1, -0.05) is 17.7 Å². The van der Waals surface area contributed by atoms with Gasteiger partial charge in [0.15, 0.2) is 0 Å². The molecule has 4 nitrogen and oxygen atoms in total. The Bertz CT molecular complexity index is 681. The van der Waals surface area contributed by atoms with Gasteiger partial charge < -0.3 is 15.0 Å². The van der Waals surface area contributed by atoms with Gasteiger partial charge in [-0.2, -0.15) is 0 Å². The van der Waals surface area contributed by atoms with Crippen molar-refractivity contribution in [3.8, 4) is 5.75 Å². The molecule has 1 aromatic heterocycles. The quantitative estimate of drug-likeness (QED) is 0.901. The van der Waals surface area contributed by atoms with Crippen LogP contribution in [0.25, 0.3) is 0 Å². The number of methoxy groups -OCH3 is 1. The summed E-state index contributed by atoms with van der Waals surface area (Å²) in [5, 5.41) is 3.52. The van der Waals surface area contributed by atoms with Crippen molar-refractivity contribution in [3.63, 3.8) is 0 Å². The van der Waals surface area contributed by atoms with Crippen molar-refractivity contribution in [2.75, 3.05) is 25.5 Å². The van der Waals surface area contributed by atoms with Crippen LogP contribution in [0.3, 0.4) is 0 Å². The SMILES string of the molecule is COc1cccc(NC2CCN(C(=O)c3ccc(Cl)s3)CC2)c1. The van der Waals surface area contributed by atoms with Crippen molar-refractivity contribution in [1.82, 2.24) is 4.90 Å². The van der Waals surface area contributed by atoms with Crippen LogP contribution in [0.5, 0.6) is 5.75 Å². The first-order chi connectivity index (χ1) is 11.2. The molecule has 0 unspecified atom stereocenters. The van der Waals surface area contributed by atoms with Crippen molar-refractivity contribution in [1.29, 1.82) is 0 Å². The summed E-state index contributed by atoms with van der Waals surface area (Å²) < 4.78 is 5.90. The van der Waals surface area contributed by atoms with E-state index in [0.717, 1.165) is 37.4 Å². The molecular weight excluding hydrogens is 332 g/mol. The first kappa shape index (κ1) is 16.1. The molecule has 1 aliphatic rings. The maximum atomic E-state index is 12.4. The Balaban J connectivity index is 1.55. The third kappa shape index (κ3) is 3.98. The minimum Gasteiger partial charge on any atom is -0.497 e. The zero-order chi connectivity index (χ0) is 16.2. The highest BCUT2D eigenvalue weighted by atomic mass is 35.5. The molecule has 1 aliphatic heterocycles. The standard InChI is InChI=1S/C17H19ClN2O2S/c1-22-14-4-2-3-13(11-14)19-12-7-9-20(10-8-12)17(21)15-5-6-16(18)23-15/h2-6,11-12,19H,7-10H2,1H3. The van der Waals surface area contributed by atoms with Crippen LogP contribution in [-0.4, -0.2) is 37.0 Å². The van der Waals surface area contributed by atoms with Crippen molar-refractivity contribution >= 4 is 34.5 Å². The predicted molar refractivity (Wildman–Crippen MR) is 94.9 cm³/mol. The normalized spacial score (nSPS) is 15.5. The molecule has 0 saturated carbocycles. The topological polar surface area (TPSA) is 41.6 Å². The molecule has 122 valence electrons. The number of halogens is 1. The van der Waals surface area contributed by atoms with E-state index in [9.17, 15) is 4.79 Å². The van der Waals surface area contributed by atoms with Crippen LogP contribution in [-0.2, 0) is 0 Å². The molecule has 1 aromatic carbocycles. The summed E-state index contributed by atoms with van der Waals surface area (Å²) >= 11 is 7.25. The van der Waals surface area contributed by atoms with Gasteiger partial charge in [0.25, 0.3) is 5.91 Å². The molecule has 2 heterocycles. The number of thiophene rings is 1. The fraction of sp³-hybridized carbons (Fsp3) is 0.353. The fourth-order valence-electron chi connectivity index (χ4n) is 2.76. The third-order valence-electron chi connectivity index (χ3n) is 4.01. The number of nitrogens with zero attached hydrogens (tertiary/aromatic N) is 1. The number of likely N-dealkylation sites (tertiary alicyclic amines) is 1. The Morgan fingerprint density at radius 1 is 1.30 bits per heavy atom. The molecule has 3 rings (SSSR count). The maximum absolute atomic E-state index is 12.4. The number of benzene rings is 1. The van der Waals surface area contributed by atoms with E-state index in [0.29, 0.717) is 15.3 Å². The highest BCUT2D eigenvalue weighted by molar-refractivity contribution is 7.17. The van der Waals surface area contributed by atoms with Crippen LogP contribution >= 0.6 is 22.9 Å². The van der Waals surface area contributed by atoms with Crippen LogP contribution in [0.15, 0.2) is 36.4 Å². The van der Waals surface area contributed by atoms with Crippen molar-refractivity contribution < 1.29 is 9.53 Å². The van der Waals surface area contributed by atoms with Gasteiger partial charge in [-0.25, -0.2) is 0 Å². The minimum absolute atomic E-state index is 0.0849. The van der Waals surface area contributed by atoms with E-state index in [-0.39, 0.29) is 5.91 Å². The lowest BCUT2D eigenvalue weighted by atomic mass is 10.0. The molecule has 0 aliphatic carbocycles. The van der Waals surface area contributed by atoms with Gasteiger partial charge in [0.2, 0.25) is 0 Å². The average molecular weight is 351 g/mol. The van der Waals surface area contributed by atoms with Gasteiger partial charge in [-0.3, -0.25) is 4.79 Å². The Morgan fingerprint density at radius 3 is 2.74 bits per heavy atom. The van der Waals surface area contributed by atoms with E-state index < -0.39 is 0 Å². The van der Waals surface area contributed by atoms with Gasteiger partial charge in [-0.15, -0.1) is 11.3 Å². The van der Waals surface area contributed by atoms with Crippen molar-refractivity contribution in [3.05, 3.63) is 45.6 Å². The van der Waals surface area contributed by atoms with E-state index >= 15 is 0 Å². The number of amides is 1. The molecule has 6 heteroatoms. The van der Waals surface area contributed by atoms with Crippen LogP contribution in [0.2, 0.25) is 4.34 Å². The zero-order valence-electron chi connectivity index (χ0n) is 12.9. The van der Waals surface area contributed by atoms with Crippen LogP contribution in [0.4, 0.5) is 5.69 Å². The van der Waals surface area contributed by atoms with Gasteiger partial charge in [-0.05, 0) is 37.1 Å². The monoisotopic (exact) mass is 350 g/mol. The highest BCUT2D eigenvalue weighted by Gasteiger charge is 2.24. The first-order valence-corrected chi connectivity index (χ1v) is 8.80. The number of carbonyl (C=O) groups excluding carboxylic acids is 1. The Hall–Kier alpha value is -1.72. The molecule has 0 bridgehead atoms. The summed E-state index contributed by atoms with van der Waals surface area (Å²) in [6, 6.07) is 11.9. The van der Waals surface area contributed by atoms with Crippen LogP contribution in [0.1, 0.15) is 22.5 Å². The Kier molecular flexibility index (Phi) is 5.08. The summed E-state index contributed by atoms with van der Waals surface area (Å²) in [6.07, 6.45) is 1.87. The summed E-state index contributed by atoms with van der Waals surface area (Å²) in [5.41, 5.74) is 1.05. The zero-order valence-corrected chi connectivity index (χ0v) is 14.5. The third-order valence-corrected chi connectivity index (χ3v) is 5.23. The molecule has 0 atom stereocenters. The van der Waals surface area contributed by atoms with E-state index in [1.807, 2.05) is 29.2 Å². The second-order valence-electron chi connectivity index (χ2n) is 5.55. The molecule has 1 saturated heterocycles. The van der Waals surface area contributed by atoms with Crippen molar-refractivity contribution in [2.45, 2.75) is 18.9 Å². The van der Waals surface area contributed by atoms with Gasteiger partial charge in [0, 0.05) is 30.9 Å². The summed E-state index contributed by atoms with van der Waals surface area (Å²) in [7, 11) is 1.67. The van der Waals surface area contributed by atoms with E-state index in [1.54, 1.807) is 19.2 Å². The Labute approximate surface area is 145 Å². The second-order valence-corrected chi connectivity index (χ2v) is 7.26. The largest absolute Gasteiger partial charge is 0.497 e. The molecule has 1 fully saturated rings. The second kappa shape index (κ2) is 7.23. The lowest BCUT2D eigenvalue weighted by Gasteiger charge is -2.32. The van der Waals surface area contributed by atoms with E-state index in [1.165, 1.54) is 11.3 Å². The van der Waals surface area contributed by atoms with E-state index in [2.05, 4.69) is 5.32 Å². The van der Waals surface area contributed by atoms with E-state index in [4.69, 9.17) is 16.3 Å². The maximum Gasteiger partial charge on any atom is 0.263 e. The number of carbonyl (C=O) groups is 1. The number of anilines is 1. The van der Waals surface area contributed by atoms with Gasteiger partial charge >= 0.3 is 0 Å². The molecule has 23 heavy (non-hydrogen) atoms. The number of rotatable bonds is 4. The first-order valence-electron chi connectivity index (χ1n) is 7.61. The van der Waals surface area contributed by atoms with Gasteiger partial charge in [0.1, 0.15) is 5.75 Å². The predicted octanol–water partition coefficient (Wildman–Crippen LogP) is 4.13. The molecule has 0 radical (unpaired) electrons. The van der Waals surface area contributed by atoms with Crippen LogP contribution in [0, 0.1) is 0 Å². The Morgan fingerprint density at radius 2 is 2.09 bits per heavy atom. The molecular formula is C17H19ClN2O2S. The highest BCUT2D eigenvalue weighted by Crippen LogP contribution is 2.25. The molecule has 1 N–H and O–H groups in total. The lowest BCUT2D eigenvalue weighted by molar-refractivity contribution is 0.0723. The lowest BCUT2D eigenvalue weighted by Crippen LogP contribution is -2.42. The number of ether oxygens (including phenoxy) is 1. The number of hydrogen-bond acceptors (Lipinski definition) is 4. The van der Waals surface area contributed by atoms with Crippen molar-refractivity contribution in [2.24, 2.45) is 0 Å². The minimum atomic E-state index is 0.0849. The summed E-state index contributed by atoms with van der Waals surface area (Å²) in [5.74, 6) is 0.930. The smallest absolute Gasteiger partial charge is 0.263 e. The molecule has 0 spiro atoms. The number of nitrogens with one attached hydrogen (secondary N) is 1. The summed E-state index contributed by atoms with van der Waals surface area (Å²) in [4.78, 5) is 15.0. The summed E-state index contributed by atoms with van der Waals surface area (Å²) in [6.45, 7) is 1.52. The van der Waals surface area contributed by atoms with Crippen LogP contribution < -0.4 is 10.1 Å². The fourth-order valence-corrected chi connectivity index (χ4v) is 3.77. The average Bonchev–Trinajstić information content (AvgIpc) is 3.01. The molecule has 1 amide bonds. The molecule has 2 aromatic rings.